The first-order valence-electron chi connectivity index (χ1n) is 10.1. The third-order valence-corrected chi connectivity index (χ3v) is 6.15. The van der Waals surface area contributed by atoms with Crippen LogP contribution in [0.3, 0.4) is 0 Å². The smallest absolute Gasteiger partial charge is 0.416 e. The van der Waals surface area contributed by atoms with E-state index in [2.05, 4.69) is 0 Å². The van der Waals surface area contributed by atoms with Gasteiger partial charge in [0, 0.05) is 18.5 Å². The van der Waals surface area contributed by atoms with Gasteiger partial charge in [0.15, 0.2) is 11.5 Å². The number of nitrogens with zero attached hydrogens (tertiary/aromatic N) is 2. The molecule has 1 amide bonds. The van der Waals surface area contributed by atoms with E-state index in [0.29, 0.717) is 18.3 Å². The summed E-state index contributed by atoms with van der Waals surface area (Å²) in [5.41, 5.74) is 0.313. The molecular weight excluding hydrogens is 392 g/mol. The second-order valence-electron chi connectivity index (χ2n) is 8.35. The molecule has 4 rings (SSSR count). The van der Waals surface area contributed by atoms with Crippen molar-refractivity contribution in [2.24, 2.45) is 4.99 Å². The lowest BCUT2D eigenvalue weighted by atomic mass is 10.0. The molecule has 0 aromatic heterocycles. The van der Waals surface area contributed by atoms with Crippen LogP contribution in [0.2, 0.25) is 0 Å². The second kappa shape index (κ2) is 8.26. The second-order valence-corrected chi connectivity index (χ2v) is 9.42. The summed E-state index contributed by atoms with van der Waals surface area (Å²) in [5, 5.41) is 0.649. The van der Waals surface area contributed by atoms with E-state index in [1.165, 1.54) is 11.8 Å². The van der Waals surface area contributed by atoms with Gasteiger partial charge in [0.05, 0.1) is 18.8 Å². The highest BCUT2D eigenvalue weighted by molar-refractivity contribution is 8.14. The summed E-state index contributed by atoms with van der Waals surface area (Å²) in [6.07, 6.45) is -0.245. The van der Waals surface area contributed by atoms with Gasteiger partial charge < -0.3 is 18.9 Å². The maximum atomic E-state index is 12.6. The zero-order chi connectivity index (χ0) is 20.6. The monoisotopic (exact) mass is 420 g/mol. The largest absolute Gasteiger partial charge is 0.443 e. The van der Waals surface area contributed by atoms with E-state index >= 15 is 0 Å². The number of carbonyl (C=O) groups excluding carboxylic acids is 1. The molecule has 0 bridgehead atoms. The van der Waals surface area contributed by atoms with Crippen molar-refractivity contribution in [1.29, 1.82) is 0 Å². The molecular formula is C21H28N2O5S. The molecule has 3 heterocycles. The molecule has 0 radical (unpaired) electrons. The first-order chi connectivity index (χ1) is 13.8. The van der Waals surface area contributed by atoms with Crippen molar-refractivity contribution in [2.75, 3.05) is 13.2 Å². The number of benzene rings is 1. The minimum atomic E-state index is -0.551. The number of hydrogen-bond acceptors (Lipinski definition) is 7. The number of amidine groups is 1. The van der Waals surface area contributed by atoms with E-state index in [9.17, 15) is 4.79 Å². The molecule has 2 saturated heterocycles. The number of ether oxygens (including phenoxy) is 4. The summed E-state index contributed by atoms with van der Waals surface area (Å²) >= 11 is 1.48. The first-order valence-corrected chi connectivity index (χ1v) is 10.9. The van der Waals surface area contributed by atoms with Gasteiger partial charge >= 0.3 is 6.09 Å². The van der Waals surface area contributed by atoms with Gasteiger partial charge in [-0.2, -0.15) is 0 Å². The Labute approximate surface area is 175 Å². The summed E-state index contributed by atoms with van der Waals surface area (Å²) in [6, 6.07) is 9.86. The minimum Gasteiger partial charge on any atom is -0.443 e. The van der Waals surface area contributed by atoms with Crippen molar-refractivity contribution < 1.29 is 23.7 Å². The Hall–Kier alpha value is -1.61. The fourth-order valence-electron chi connectivity index (χ4n) is 3.60. The zero-order valence-electron chi connectivity index (χ0n) is 17.2. The molecule has 5 atom stereocenters. The minimum absolute atomic E-state index is 0.0535. The number of thioether (sulfide) groups is 1. The Morgan fingerprint density at radius 3 is 2.69 bits per heavy atom. The average Bonchev–Trinajstić information content (AvgIpc) is 3.07. The van der Waals surface area contributed by atoms with Crippen LogP contribution in [0.15, 0.2) is 35.3 Å². The Morgan fingerprint density at radius 2 is 2.00 bits per heavy atom. The molecule has 158 valence electrons. The molecule has 3 aliphatic rings. The van der Waals surface area contributed by atoms with E-state index in [1.54, 1.807) is 4.90 Å². The van der Waals surface area contributed by atoms with Crippen LogP contribution in [0.4, 0.5) is 4.79 Å². The highest BCUT2D eigenvalue weighted by atomic mass is 32.2. The van der Waals surface area contributed by atoms with E-state index in [0.717, 1.165) is 12.0 Å². The molecule has 3 aliphatic heterocycles. The van der Waals surface area contributed by atoms with Crippen molar-refractivity contribution in [3.63, 3.8) is 0 Å². The highest BCUT2D eigenvalue weighted by Crippen LogP contribution is 2.41. The summed E-state index contributed by atoms with van der Waals surface area (Å²) in [5.74, 6) is 0. The lowest BCUT2D eigenvalue weighted by Gasteiger charge is -2.42. The Bertz CT molecular complexity index is 766. The highest BCUT2D eigenvalue weighted by Gasteiger charge is 2.47. The maximum absolute atomic E-state index is 12.6. The number of carbonyl (C=O) groups is 1. The molecule has 29 heavy (non-hydrogen) atoms. The molecule has 8 heteroatoms. The van der Waals surface area contributed by atoms with Crippen LogP contribution in [0.25, 0.3) is 0 Å². The van der Waals surface area contributed by atoms with Crippen LogP contribution < -0.4 is 0 Å². The molecule has 0 aliphatic carbocycles. The van der Waals surface area contributed by atoms with Crippen LogP contribution in [0, 0.1) is 0 Å². The number of amides is 1. The van der Waals surface area contributed by atoms with Gasteiger partial charge in [-0.05, 0) is 27.7 Å². The van der Waals surface area contributed by atoms with Gasteiger partial charge in [0.2, 0.25) is 0 Å². The third kappa shape index (κ3) is 4.60. The van der Waals surface area contributed by atoms with E-state index in [4.69, 9.17) is 23.9 Å². The normalized spacial score (nSPS) is 31.4. The number of rotatable bonds is 2. The molecule has 0 saturated carbocycles. The topological polar surface area (TPSA) is 69.6 Å². The summed E-state index contributed by atoms with van der Waals surface area (Å²) < 4.78 is 23.8. The van der Waals surface area contributed by atoms with Crippen molar-refractivity contribution in [3.05, 3.63) is 35.9 Å². The van der Waals surface area contributed by atoms with Crippen molar-refractivity contribution in [3.8, 4) is 0 Å². The number of hydrogen-bond donors (Lipinski definition) is 0. The van der Waals surface area contributed by atoms with Crippen molar-refractivity contribution in [1.82, 2.24) is 4.90 Å². The van der Waals surface area contributed by atoms with Crippen LogP contribution in [-0.2, 0) is 18.9 Å². The predicted molar refractivity (Wildman–Crippen MR) is 111 cm³/mol. The fourth-order valence-corrected chi connectivity index (χ4v) is 4.86. The van der Waals surface area contributed by atoms with Crippen LogP contribution in [-0.4, -0.2) is 58.6 Å². The first kappa shape index (κ1) is 20.7. The van der Waals surface area contributed by atoms with E-state index in [-0.39, 0.29) is 36.1 Å². The Balaban J connectivity index is 1.43. The zero-order valence-corrected chi connectivity index (χ0v) is 18.1. The lowest BCUT2D eigenvalue weighted by molar-refractivity contribution is -0.282. The van der Waals surface area contributed by atoms with Crippen molar-refractivity contribution in [2.45, 2.75) is 69.7 Å². The lowest BCUT2D eigenvalue weighted by Crippen LogP contribution is -2.50. The van der Waals surface area contributed by atoms with Gasteiger partial charge in [-0.25, -0.2) is 4.79 Å². The van der Waals surface area contributed by atoms with Crippen LogP contribution >= 0.6 is 11.8 Å². The third-order valence-electron chi connectivity index (χ3n) is 4.95. The summed E-state index contributed by atoms with van der Waals surface area (Å²) in [6.45, 7) is 8.45. The van der Waals surface area contributed by atoms with Crippen LogP contribution in [0.1, 0.15) is 46.0 Å². The molecule has 0 spiro atoms. The quantitative estimate of drug-likeness (QED) is 0.722. The SMILES string of the molecule is CCN(C(=O)OC(C)(C)C)C1=N[C@@H]2C[C@H]3OC(c4ccccc4)OC[C@H]3O[C@@H]2S1. The molecule has 1 unspecified atom stereocenters. The summed E-state index contributed by atoms with van der Waals surface area (Å²) in [4.78, 5) is 18.9. The van der Waals surface area contributed by atoms with Gasteiger partial charge in [0.1, 0.15) is 17.1 Å². The average molecular weight is 421 g/mol. The molecule has 0 N–H and O–H groups in total. The van der Waals surface area contributed by atoms with Gasteiger partial charge in [-0.15, -0.1) is 0 Å². The number of fused-ring (bicyclic) bond motifs is 2. The van der Waals surface area contributed by atoms with E-state index < -0.39 is 5.60 Å². The summed E-state index contributed by atoms with van der Waals surface area (Å²) in [7, 11) is 0. The molecule has 1 aromatic rings. The van der Waals surface area contributed by atoms with Crippen LogP contribution in [0.5, 0.6) is 0 Å². The van der Waals surface area contributed by atoms with Crippen molar-refractivity contribution >= 4 is 23.0 Å². The fraction of sp³-hybridized carbons (Fsp3) is 0.619. The molecule has 2 fully saturated rings. The predicted octanol–water partition coefficient (Wildman–Crippen LogP) is 3.94. The molecule has 1 aromatic carbocycles. The van der Waals surface area contributed by atoms with Gasteiger partial charge in [-0.1, -0.05) is 42.1 Å². The van der Waals surface area contributed by atoms with Gasteiger partial charge in [-0.3, -0.25) is 9.89 Å². The maximum Gasteiger partial charge on any atom is 0.416 e. The standard InChI is InChI=1S/C21H28N2O5S/c1-5-23(20(24)28-21(2,3)4)19-22-14-11-15-16(27-18(14)29-19)12-25-17(26-15)13-9-7-6-8-10-13/h6-10,14-18H,5,11-12H2,1-4H3/t14-,15-,16-,17?,18-/m1/s1. The Kier molecular flexibility index (Phi) is 5.88. The van der Waals surface area contributed by atoms with E-state index in [1.807, 2.05) is 58.0 Å². The number of aliphatic imine (C=N–C) groups is 1. The molecule has 7 nitrogen and oxygen atoms in total. The Morgan fingerprint density at radius 1 is 1.24 bits per heavy atom. The van der Waals surface area contributed by atoms with Gasteiger partial charge in [0.25, 0.3) is 0 Å².